The maximum Gasteiger partial charge on any atom is 0.536 e. The van der Waals surface area contributed by atoms with Gasteiger partial charge >= 0.3 is 13.1 Å². The summed E-state index contributed by atoms with van der Waals surface area (Å²) in [7, 11) is 0.206. The third-order valence-electron chi connectivity index (χ3n) is 5.78. The van der Waals surface area contributed by atoms with Crippen molar-refractivity contribution in [2.24, 2.45) is 11.8 Å². The monoisotopic (exact) mass is 406 g/mol. The van der Waals surface area contributed by atoms with E-state index in [1.807, 2.05) is 4.90 Å². The summed E-state index contributed by atoms with van der Waals surface area (Å²) in [6, 6.07) is 3.34. The summed E-state index contributed by atoms with van der Waals surface area (Å²) >= 11 is 1.36. The summed E-state index contributed by atoms with van der Waals surface area (Å²) in [5.74, 6) is 0.614. The minimum atomic E-state index is -1.18. The first-order valence-electron chi connectivity index (χ1n) is 9.36. The average Bonchev–Trinajstić information content (AvgIpc) is 3.27. The Morgan fingerprint density at radius 1 is 1.36 bits per heavy atom. The molecule has 3 atom stereocenters. The van der Waals surface area contributed by atoms with Gasteiger partial charge in [0.05, 0.1) is 18.0 Å². The zero-order valence-electron chi connectivity index (χ0n) is 15.6. The Kier molecular flexibility index (Phi) is 5.44. The van der Waals surface area contributed by atoms with Gasteiger partial charge in [0.1, 0.15) is 17.1 Å². The molecule has 0 aliphatic carbocycles. The number of hydrogen-bond acceptors (Lipinski definition) is 7. The highest BCUT2D eigenvalue weighted by atomic mass is 32.2. The predicted octanol–water partition coefficient (Wildman–Crippen LogP) is 0.128. The van der Waals surface area contributed by atoms with Crippen LogP contribution in [0.3, 0.4) is 0 Å². The third kappa shape index (κ3) is 3.56. The number of benzene rings is 1. The van der Waals surface area contributed by atoms with Crippen LogP contribution in [0.15, 0.2) is 12.1 Å². The van der Waals surface area contributed by atoms with Crippen LogP contribution < -0.4 is 14.7 Å². The van der Waals surface area contributed by atoms with Crippen molar-refractivity contribution in [2.45, 2.75) is 11.6 Å². The van der Waals surface area contributed by atoms with E-state index in [-0.39, 0.29) is 33.9 Å². The molecule has 4 rings (SSSR count). The minimum absolute atomic E-state index is 0.0818. The van der Waals surface area contributed by atoms with E-state index in [1.165, 1.54) is 18.9 Å². The summed E-state index contributed by atoms with van der Waals surface area (Å²) in [5, 5.41) is 22.9. The molecular formula is C18H23BN2O6S. The highest BCUT2D eigenvalue weighted by molar-refractivity contribution is 8.01. The van der Waals surface area contributed by atoms with Gasteiger partial charge in [0.25, 0.3) is 0 Å². The molecule has 3 unspecified atom stereocenters. The molecular weight excluding hydrogens is 383 g/mol. The zero-order chi connectivity index (χ0) is 19.8. The molecule has 150 valence electrons. The van der Waals surface area contributed by atoms with Gasteiger partial charge in [0.2, 0.25) is 5.91 Å². The van der Waals surface area contributed by atoms with Crippen molar-refractivity contribution < 1.29 is 29.1 Å². The second-order valence-electron chi connectivity index (χ2n) is 7.48. The van der Waals surface area contributed by atoms with Gasteiger partial charge in [0, 0.05) is 26.2 Å². The van der Waals surface area contributed by atoms with Crippen molar-refractivity contribution in [3.8, 4) is 11.5 Å². The molecule has 0 radical (unpaired) electrons. The Bertz CT molecular complexity index is 782. The number of nitrogens with zero attached hydrogens (tertiary/aromatic N) is 1. The molecule has 0 bridgehead atoms. The lowest BCUT2D eigenvalue weighted by molar-refractivity contribution is -0.127. The SMILES string of the molecule is COc1ccc2c(c1C(=O)O)OB(O)C(SCC(=O)N1CC3CNCC3C1)C2. The van der Waals surface area contributed by atoms with Crippen LogP contribution in [0.25, 0.3) is 0 Å². The number of fused-ring (bicyclic) bond motifs is 2. The summed E-state index contributed by atoms with van der Waals surface area (Å²) in [6.45, 7) is 3.54. The van der Waals surface area contributed by atoms with Crippen molar-refractivity contribution in [3.63, 3.8) is 0 Å². The molecule has 8 nitrogen and oxygen atoms in total. The molecule has 3 heterocycles. The fourth-order valence-electron chi connectivity index (χ4n) is 4.26. The second kappa shape index (κ2) is 7.84. The number of methoxy groups -OCH3 is 1. The van der Waals surface area contributed by atoms with Gasteiger partial charge in [-0.1, -0.05) is 6.07 Å². The van der Waals surface area contributed by atoms with E-state index in [0.29, 0.717) is 23.8 Å². The van der Waals surface area contributed by atoms with Gasteiger partial charge in [-0.25, -0.2) is 4.79 Å². The summed E-state index contributed by atoms with van der Waals surface area (Å²) in [5.41, 5.74) is 0.603. The van der Waals surface area contributed by atoms with Gasteiger partial charge < -0.3 is 29.7 Å². The molecule has 28 heavy (non-hydrogen) atoms. The Morgan fingerprint density at radius 3 is 2.71 bits per heavy atom. The van der Waals surface area contributed by atoms with Crippen molar-refractivity contribution >= 4 is 30.8 Å². The minimum Gasteiger partial charge on any atom is -0.534 e. The number of carbonyl (C=O) groups is 2. The fraction of sp³-hybridized carbons (Fsp3) is 0.556. The Morgan fingerprint density at radius 2 is 2.07 bits per heavy atom. The predicted molar refractivity (Wildman–Crippen MR) is 105 cm³/mol. The number of carboxylic acid groups (broad SMARTS) is 1. The summed E-state index contributed by atoms with van der Waals surface area (Å²) < 4.78 is 10.6. The number of nitrogens with one attached hydrogen (secondary N) is 1. The van der Waals surface area contributed by atoms with Crippen LogP contribution in [0.2, 0.25) is 0 Å². The standard InChI is InChI=1S/C18H23BN2O6S/c1-26-13-3-2-10-4-14(19(25)27-17(10)16(13)18(23)24)28-9-15(22)21-7-11-5-20-6-12(11)8-21/h2-3,11-12,14,20,25H,4-9H2,1H3,(H,23,24). The lowest BCUT2D eigenvalue weighted by atomic mass is 9.77. The normalized spacial score (nSPS) is 25.9. The van der Waals surface area contributed by atoms with Crippen LogP contribution >= 0.6 is 11.8 Å². The number of thioether (sulfide) groups is 1. The molecule has 1 aromatic rings. The van der Waals surface area contributed by atoms with E-state index in [4.69, 9.17) is 9.39 Å². The van der Waals surface area contributed by atoms with Gasteiger partial charge in [-0.05, 0) is 29.9 Å². The quantitative estimate of drug-likeness (QED) is 0.593. The topological polar surface area (TPSA) is 108 Å². The molecule has 3 N–H and O–H groups in total. The molecule has 0 spiro atoms. The van der Waals surface area contributed by atoms with Gasteiger partial charge in [-0.2, -0.15) is 0 Å². The smallest absolute Gasteiger partial charge is 0.534 e. The molecule has 3 aliphatic heterocycles. The maximum absolute atomic E-state index is 12.6. The first-order chi connectivity index (χ1) is 13.5. The zero-order valence-corrected chi connectivity index (χ0v) is 16.4. The number of likely N-dealkylation sites (tertiary alicyclic amines) is 1. The first-order valence-corrected chi connectivity index (χ1v) is 10.4. The van der Waals surface area contributed by atoms with E-state index in [1.54, 1.807) is 12.1 Å². The highest BCUT2D eigenvalue weighted by Crippen LogP contribution is 2.38. The molecule has 0 saturated carbocycles. The average molecular weight is 406 g/mol. The van der Waals surface area contributed by atoms with Crippen molar-refractivity contribution in [1.82, 2.24) is 10.2 Å². The molecule has 0 aromatic heterocycles. The van der Waals surface area contributed by atoms with Crippen LogP contribution in [-0.2, 0) is 11.2 Å². The molecule has 2 saturated heterocycles. The van der Waals surface area contributed by atoms with E-state index in [9.17, 15) is 19.7 Å². The fourth-order valence-corrected chi connectivity index (χ4v) is 5.32. The number of hydrogen-bond donors (Lipinski definition) is 3. The van der Waals surface area contributed by atoms with Gasteiger partial charge in [-0.15, -0.1) is 11.8 Å². The van der Waals surface area contributed by atoms with Crippen LogP contribution in [0.5, 0.6) is 11.5 Å². The largest absolute Gasteiger partial charge is 0.536 e. The van der Waals surface area contributed by atoms with E-state index >= 15 is 0 Å². The number of ether oxygens (including phenoxy) is 1. The van der Waals surface area contributed by atoms with Crippen LogP contribution in [-0.4, -0.2) is 78.2 Å². The van der Waals surface area contributed by atoms with Crippen LogP contribution in [0, 0.1) is 11.8 Å². The lowest BCUT2D eigenvalue weighted by Crippen LogP contribution is -2.42. The third-order valence-corrected chi connectivity index (χ3v) is 7.02. The number of amides is 1. The molecule has 3 aliphatic rings. The summed E-state index contributed by atoms with van der Waals surface area (Å²) in [6.07, 6.45) is 0.424. The molecule has 10 heteroatoms. The number of rotatable bonds is 5. The maximum atomic E-state index is 12.6. The Balaban J connectivity index is 1.40. The Labute approximate surface area is 167 Å². The lowest BCUT2D eigenvalue weighted by Gasteiger charge is -2.29. The van der Waals surface area contributed by atoms with Crippen LogP contribution in [0.4, 0.5) is 0 Å². The van der Waals surface area contributed by atoms with Crippen molar-refractivity contribution in [3.05, 3.63) is 23.3 Å². The van der Waals surface area contributed by atoms with Crippen molar-refractivity contribution in [1.29, 1.82) is 0 Å². The van der Waals surface area contributed by atoms with Gasteiger partial charge in [-0.3, -0.25) is 4.79 Å². The number of aromatic carboxylic acids is 1. The molecule has 2 fully saturated rings. The second-order valence-corrected chi connectivity index (χ2v) is 8.70. The van der Waals surface area contributed by atoms with Crippen molar-refractivity contribution in [2.75, 3.05) is 39.0 Å². The first kappa shape index (κ1) is 19.4. The Hall–Kier alpha value is -1.91. The van der Waals surface area contributed by atoms with E-state index in [2.05, 4.69) is 5.32 Å². The highest BCUT2D eigenvalue weighted by Gasteiger charge is 2.41. The molecule has 1 aromatic carbocycles. The van der Waals surface area contributed by atoms with Crippen LogP contribution in [0.1, 0.15) is 15.9 Å². The molecule has 1 amide bonds. The van der Waals surface area contributed by atoms with E-state index in [0.717, 1.165) is 26.2 Å². The van der Waals surface area contributed by atoms with Gasteiger partial charge in [0.15, 0.2) is 0 Å². The number of carboxylic acids is 1. The summed E-state index contributed by atoms with van der Waals surface area (Å²) in [4.78, 5) is 26.1. The number of carbonyl (C=O) groups excluding carboxylic acids is 1. The van der Waals surface area contributed by atoms with E-state index < -0.39 is 13.1 Å².